The number of piperidine rings is 1. The molecular formula is C22H29N5O. The Kier molecular flexibility index (Phi) is 4.73. The Hall–Kier alpha value is -2.63. The molecule has 28 heavy (non-hydrogen) atoms. The van der Waals surface area contributed by atoms with Crippen molar-refractivity contribution in [2.75, 3.05) is 6.54 Å². The Morgan fingerprint density at radius 2 is 2.11 bits per heavy atom. The third kappa shape index (κ3) is 3.55. The van der Waals surface area contributed by atoms with E-state index < -0.39 is 0 Å². The average Bonchev–Trinajstić information content (AvgIpc) is 3.30. The number of fused-ring (bicyclic) bond motifs is 1. The lowest BCUT2D eigenvalue weighted by molar-refractivity contribution is -0.143. The molecule has 1 aliphatic rings. The molecule has 0 spiro atoms. The van der Waals surface area contributed by atoms with Gasteiger partial charge in [0.1, 0.15) is 0 Å². The summed E-state index contributed by atoms with van der Waals surface area (Å²) < 4.78 is 2.26. The largest absolute Gasteiger partial charge is 0.340 e. The monoisotopic (exact) mass is 379 g/mol. The van der Waals surface area contributed by atoms with Crippen molar-refractivity contribution in [3.63, 3.8) is 0 Å². The van der Waals surface area contributed by atoms with Crippen molar-refractivity contribution < 1.29 is 4.79 Å². The van der Waals surface area contributed by atoms with Gasteiger partial charge >= 0.3 is 0 Å². The van der Waals surface area contributed by atoms with E-state index in [1.54, 1.807) is 0 Å². The molecule has 1 amide bonds. The van der Waals surface area contributed by atoms with Crippen molar-refractivity contribution in [2.45, 2.75) is 53.1 Å². The molecule has 3 heterocycles. The van der Waals surface area contributed by atoms with Gasteiger partial charge in [-0.3, -0.25) is 9.89 Å². The molecule has 4 rings (SSSR count). The van der Waals surface area contributed by atoms with E-state index in [1.807, 2.05) is 39.5 Å². The van der Waals surface area contributed by atoms with Crippen LogP contribution in [0.5, 0.6) is 0 Å². The molecule has 0 aliphatic carbocycles. The number of hydrogen-bond acceptors (Lipinski definition) is 3. The second kappa shape index (κ2) is 7.08. The lowest BCUT2D eigenvalue weighted by Crippen LogP contribution is -2.49. The van der Waals surface area contributed by atoms with Gasteiger partial charge in [-0.25, -0.2) is 4.98 Å². The molecule has 1 aliphatic heterocycles. The van der Waals surface area contributed by atoms with Crippen LogP contribution in [-0.4, -0.2) is 43.1 Å². The molecular weight excluding hydrogens is 350 g/mol. The first-order chi connectivity index (χ1) is 13.3. The zero-order valence-electron chi connectivity index (χ0n) is 17.1. The number of benzene rings is 1. The number of carbonyl (C=O) groups is 1. The summed E-state index contributed by atoms with van der Waals surface area (Å²) in [5, 5.41) is 6.88. The Labute approximate surface area is 166 Å². The maximum absolute atomic E-state index is 12.7. The third-order valence-corrected chi connectivity index (χ3v) is 5.79. The number of carbonyl (C=O) groups excluding carboxylic acids is 1. The van der Waals surface area contributed by atoms with Gasteiger partial charge in [-0.2, -0.15) is 5.10 Å². The van der Waals surface area contributed by atoms with Crippen LogP contribution in [0.1, 0.15) is 40.5 Å². The summed E-state index contributed by atoms with van der Waals surface area (Å²) in [7, 11) is 0. The number of aromatic amines is 1. The van der Waals surface area contributed by atoms with Crippen molar-refractivity contribution >= 4 is 16.9 Å². The molecule has 0 saturated carbocycles. The number of likely N-dealkylation sites (tertiary alicyclic amines) is 1. The van der Waals surface area contributed by atoms with Crippen LogP contribution >= 0.6 is 0 Å². The first-order valence-electron chi connectivity index (χ1n) is 10.1. The first-order valence-corrected chi connectivity index (χ1v) is 10.1. The van der Waals surface area contributed by atoms with Crippen molar-refractivity contribution in [1.82, 2.24) is 24.6 Å². The molecule has 1 saturated heterocycles. The van der Waals surface area contributed by atoms with Crippen LogP contribution in [-0.2, 0) is 11.3 Å². The van der Waals surface area contributed by atoms with Crippen LogP contribution in [0.15, 0.2) is 36.9 Å². The van der Waals surface area contributed by atoms with Gasteiger partial charge in [-0.15, -0.1) is 0 Å². The molecule has 148 valence electrons. The second-order valence-electron chi connectivity index (χ2n) is 9.08. The van der Waals surface area contributed by atoms with Gasteiger partial charge in [0.05, 0.1) is 23.6 Å². The highest BCUT2D eigenvalue weighted by molar-refractivity contribution is 5.82. The Morgan fingerprint density at radius 3 is 2.79 bits per heavy atom. The van der Waals surface area contributed by atoms with Gasteiger partial charge in [0.15, 0.2) is 0 Å². The summed E-state index contributed by atoms with van der Waals surface area (Å²) in [6.45, 7) is 9.98. The summed E-state index contributed by atoms with van der Waals surface area (Å²) in [5.41, 5.74) is 4.05. The predicted molar refractivity (Wildman–Crippen MR) is 111 cm³/mol. The topological polar surface area (TPSA) is 66.8 Å². The van der Waals surface area contributed by atoms with Crippen LogP contribution in [0, 0.1) is 11.3 Å². The SMILES string of the molecule is CC1CC(Cn2cnc3cc(-c4cn[nH]c4)ccc32)CCN1C(=O)C(C)(C)C. The number of rotatable bonds is 3. The molecule has 1 N–H and O–H groups in total. The van der Waals surface area contributed by atoms with Crippen LogP contribution < -0.4 is 0 Å². The first kappa shape index (κ1) is 18.7. The smallest absolute Gasteiger partial charge is 0.228 e. The molecule has 2 unspecified atom stereocenters. The van der Waals surface area contributed by atoms with E-state index in [1.165, 1.54) is 0 Å². The highest BCUT2D eigenvalue weighted by Crippen LogP contribution is 2.30. The quantitative estimate of drug-likeness (QED) is 0.745. The number of amides is 1. The van der Waals surface area contributed by atoms with Crippen molar-refractivity contribution in [3.05, 3.63) is 36.9 Å². The van der Waals surface area contributed by atoms with Gasteiger partial charge in [0.25, 0.3) is 0 Å². The summed E-state index contributed by atoms with van der Waals surface area (Å²) in [6.07, 6.45) is 7.74. The number of H-pyrrole nitrogens is 1. The third-order valence-electron chi connectivity index (χ3n) is 5.79. The molecule has 2 atom stereocenters. The Bertz CT molecular complexity index is 967. The summed E-state index contributed by atoms with van der Waals surface area (Å²) in [6, 6.07) is 6.67. The maximum atomic E-state index is 12.7. The number of nitrogens with one attached hydrogen (secondary N) is 1. The zero-order valence-corrected chi connectivity index (χ0v) is 17.1. The second-order valence-corrected chi connectivity index (χ2v) is 9.08. The zero-order chi connectivity index (χ0) is 19.9. The van der Waals surface area contributed by atoms with Gasteiger partial charge < -0.3 is 9.47 Å². The lowest BCUT2D eigenvalue weighted by Gasteiger charge is -2.40. The molecule has 0 bridgehead atoms. The molecule has 1 aromatic carbocycles. The fourth-order valence-electron chi connectivity index (χ4n) is 4.24. The summed E-state index contributed by atoms with van der Waals surface area (Å²) in [5.74, 6) is 0.822. The van der Waals surface area contributed by atoms with E-state index in [2.05, 4.69) is 49.8 Å². The minimum absolute atomic E-state index is 0.262. The van der Waals surface area contributed by atoms with Gasteiger partial charge in [0.2, 0.25) is 5.91 Å². The molecule has 0 radical (unpaired) electrons. The van der Waals surface area contributed by atoms with Crippen LogP contribution in [0.25, 0.3) is 22.2 Å². The molecule has 1 fully saturated rings. The number of nitrogens with zero attached hydrogens (tertiary/aromatic N) is 4. The molecule has 3 aromatic rings. The Balaban J connectivity index is 1.47. The normalized spacial score (nSPS) is 20.6. The van der Waals surface area contributed by atoms with Crippen molar-refractivity contribution in [3.8, 4) is 11.1 Å². The van der Waals surface area contributed by atoms with Crippen molar-refractivity contribution in [2.24, 2.45) is 11.3 Å². The summed E-state index contributed by atoms with van der Waals surface area (Å²) in [4.78, 5) is 19.3. The summed E-state index contributed by atoms with van der Waals surface area (Å²) >= 11 is 0. The molecule has 2 aromatic heterocycles. The molecule has 6 heteroatoms. The minimum atomic E-state index is -0.311. The van der Waals surface area contributed by atoms with Crippen LogP contribution in [0.3, 0.4) is 0 Å². The van der Waals surface area contributed by atoms with E-state index in [4.69, 9.17) is 0 Å². The highest BCUT2D eigenvalue weighted by atomic mass is 16.2. The number of imidazole rings is 1. The Morgan fingerprint density at radius 1 is 1.29 bits per heavy atom. The van der Waals surface area contributed by atoms with Crippen molar-refractivity contribution in [1.29, 1.82) is 0 Å². The standard InChI is InChI=1S/C22H29N5O/c1-15-9-16(7-8-27(15)21(28)22(2,3)4)13-26-14-23-19-10-17(5-6-20(19)26)18-11-24-25-12-18/h5-6,10-12,14-16H,7-9,13H2,1-4H3,(H,24,25). The van der Waals surface area contributed by atoms with Gasteiger partial charge in [-0.1, -0.05) is 26.8 Å². The van der Waals surface area contributed by atoms with E-state index in [0.717, 1.165) is 48.1 Å². The fraction of sp³-hybridized carbons (Fsp3) is 0.500. The number of hydrogen-bond donors (Lipinski definition) is 1. The predicted octanol–water partition coefficient (Wildman–Crippen LogP) is 4.10. The maximum Gasteiger partial charge on any atom is 0.228 e. The van der Waals surface area contributed by atoms with E-state index >= 15 is 0 Å². The van der Waals surface area contributed by atoms with E-state index in [0.29, 0.717) is 5.92 Å². The van der Waals surface area contributed by atoms with E-state index in [9.17, 15) is 4.79 Å². The van der Waals surface area contributed by atoms with E-state index in [-0.39, 0.29) is 17.4 Å². The fourth-order valence-corrected chi connectivity index (χ4v) is 4.24. The minimum Gasteiger partial charge on any atom is -0.340 e. The van der Waals surface area contributed by atoms with Gasteiger partial charge in [0, 0.05) is 36.3 Å². The molecule has 6 nitrogen and oxygen atoms in total. The van der Waals surface area contributed by atoms with Crippen LogP contribution in [0.2, 0.25) is 0 Å². The van der Waals surface area contributed by atoms with Gasteiger partial charge in [-0.05, 0) is 43.4 Å². The number of aromatic nitrogens is 4. The van der Waals surface area contributed by atoms with Crippen LogP contribution in [0.4, 0.5) is 0 Å². The average molecular weight is 380 g/mol. The lowest BCUT2D eigenvalue weighted by atomic mass is 9.87. The highest BCUT2D eigenvalue weighted by Gasteiger charge is 2.34.